The van der Waals surface area contributed by atoms with Crippen LogP contribution in [0.4, 0.5) is 5.88 Å². The Kier molecular flexibility index (Phi) is 4.67. The Hall–Kier alpha value is -3.44. The number of hydrogen-bond donors (Lipinski definition) is 0. The van der Waals surface area contributed by atoms with Crippen LogP contribution in [0, 0.1) is 10.1 Å². The smallest absolute Gasteiger partial charge is 0.400 e. The van der Waals surface area contributed by atoms with Gasteiger partial charge in [-0.1, -0.05) is 60.7 Å². The molecule has 138 valence electrons. The fourth-order valence-corrected chi connectivity index (χ4v) is 3.41. The summed E-state index contributed by atoms with van der Waals surface area (Å²) >= 11 is 5.43. The van der Waals surface area contributed by atoms with E-state index in [-0.39, 0.29) is 12.3 Å². The number of nitrogens with zero attached hydrogens (tertiary/aromatic N) is 1. The second kappa shape index (κ2) is 7.29. The zero-order valence-corrected chi connectivity index (χ0v) is 15.3. The Bertz CT molecular complexity index is 1180. The third kappa shape index (κ3) is 3.40. The van der Waals surface area contributed by atoms with E-state index in [0.717, 1.165) is 22.3 Å². The van der Waals surface area contributed by atoms with Crippen molar-refractivity contribution < 1.29 is 14.1 Å². The average Bonchev–Trinajstić information content (AvgIpc) is 3.08. The number of nitro groups is 1. The molecular weight excluding hydrogens is 378 g/mol. The quantitative estimate of drug-likeness (QED) is 0.238. The summed E-state index contributed by atoms with van der Waals surface area (Å²) in [5, 5.41) is 11.8. The zero-order valence-electron chi connectivity index (χ0n) is 14.6. The Morgan fingerprint density at radius 3 is 2.25 bits per heavy atom. The fraction of sp³-hybridized carbons (Fsp3) is 0.0455. The maximum atomic E-state index is 11.5. The predicted molar refractivity (Wildman–Crippen MR) is 108 cm³/mol. The van der Waals surface area contributed by atoms with Gasteiger partial charge in [0.05, 0.1) is 0 Å². The normalized spacial score (nSPS) is 10.9. The summed E-state index contributed by atoms with van der Waals surface area (Å²) < 4.78 is 5.52. The number of carbonyl (C=O) groups excluding carboxylic acids is 1. The molecule has 0 fully saturated rings. The van der Waals surface area contributed by atoms with Crippen LogP contribution in [0.15, 0.2) is 77.2 Å². The first-order valence-electron chi connectivity index (χ1n) is 8.57. The van der Waals surface area contributed by atoms with Gasteiger partial charge in [0.1, 0.15) is 16.1 Å². The van der Waals surface area contributed by atoms with Crippen molar-refractivity contribution in [3.8, 4) is 22.3 Å². The Labute approximate surface area is 165 Å². The van der Waals surface area contributed by atoms with E-state index in [9.17, 15) is 14.9 Å². The van der Waals surface area contributed by atoms with Crippen molar-refractivity contribution in [1.29, 1.82) is 0 Å². The van der Waals surface area contributed by atoms with Gasteiger partial charge in [-0.15, -0.1) is 0 Å². The van der Waals surface area contributed by atoms with Gasteiger partial charge < -0.3 is 4.42 Å². The minimum absolute atomic E-state index is 0.174. The Morgan fingerprint density at radius 1 is 0.929 bits per heavy atom. The largest absolute Gasteiger partial charge is 0.442 e. The van der Waals surface area contributed by atoms with Crippen LogP contribution in [0.25, 0.3) is 33.2 Å². The van der Waals surface area contributed by atoms with E-state index in [4.69, 9.17) is 16.0 Å². The van der Waals surface area contributed by atoms with Crippen molar-refractivity contribution in [1.82, 2.24) is 0 Å². The number of benzene rings is 3. The molecule has 0 saturated heterocycles. The second-order valence-electron chi connectivity index (χ2n) is 6.35. The molecule has 0 radical (unpaired) electrons. The van der Waals surface area contributed by atoms with Gasteiger partial charge >= 0.3 is 5.88 Å². The lowest BCUT2D eigenvalue weighted by Crippen LogP contribution is -1.92. The molecule has 3 aromatic carbocycles. The topological polar surface area (TPSA) is 73.3 Å². The van der Waals surface area contributed by atoms with Gasteiger partial charge in [-0.05, 0) is 46.0 Å². The summed E-state index contributed by atoms with van der Waals surface area (Å²) in [7, 11) is 0. The lowest BCUT2D eigenvalue weighted by atomic mass is 9.98. The fourth-order valence-electron chi connectivity index (χ4n) is 3.25. The van der Waals surface area contributed by atoms with E-state index in [1.165, 1.54) is 0 Å². The second-order valence-corrected chi connectivity index (χ2v) is 6.77. The number of furan rings is 1. The van der Waals surface area contributed by atoms with Crippen LogP contribution >= 0.6 is 11.6 Å². The molecule has 4 aromatic rings. The van der Waals surface area contributed by atoms with Crippen LogP contribution in [-0.2, 0) is 11.2 Å². The molecule has 6 heteroatoms. The Balaban J connectivity index is 1.84. The lowest BCUT2D eigenvalue weighted by Gasteiger charge is -2.04. The maximum absolute atomic E-state index is 11.5. The molecule has 1 aromatic heterocycles. The highest BCUT2D eigenvalue weighted by Crippen LogP contribution is 2.41. The summed E-state index contributed by atoms with van der Waals surface area (Å²) in [5.41, 5.74) is 4.29. The van der Waals surface area contributed by atoms with Crippen molar-refractivity contribution in [2.24, 2.45) is 0 Å². The first kappa shape index (κ1) is 17.9. The molecule has 0 aliphatic rings. The van der Waals surface area contributed by atoms with Crippen molar-refractivity contribution in [3.63, 3.8) is 0 Å². The molecule has 0 spiro atoms. The minimum atomic E-state index is -0.500. The van der Waals surface area contributed by atoms with Gasteiger partial charge in [0.25, 0.3) is 0 Å². The number of fused-ring (bicyclic) bond motifs is 1. The SMILES string of the molecule is O=C(Cl)Cc1ccc(-c2ccc3oc([N+](=O)[O-])c(-c4ccccc4)c3c2)cc1. The summed E-state index contributed by atoms with van der Waals surface area (Å²) in [5.74, 6) is -0.269. The van der Waals surface area contributed by atoms with E-state index in [0.29, 0.717) is 16.5 Å². The third-order valence-electron chi connectivity index (χ3n) is 4.53. The van der Waals surface area contributed by atoms with Gasteiger partial charge in [0.15, 0.2) is 0 Å². The molecule has 28 heavy (non-hydrogen) atoms. The molecular formula is C22H14ClNO4. The highest BCUT2D eigenvalue weighted by Gasteiger charge is 2.25. The first-order chi connectivity index (χ1) is 13.5. The van der Waals surface area contributed by atoms with E-state index in [2.05, 4.69) is 0 Å². The summed E-state index contributed by atoms with van der Waals surface area (Å²) in [6.45, 7) is 0. The minimum Gasteiger partial charge on any atom is -0.400 e. The van der Waals surface area contributed by atoms with Crippen LogP contribution < -0.4 is 0 Å². The molecule has 0 aliphatic heterocycles. The maximum Gasteiger partial charge on any atom is 0.442 e. The molecule has 4 rings (SSSR count). The molecule has 0 bridgehead atoms. The number of carbonyl (C=O) groups is 1. The van der Waals surface area contributed by atoms with E-state index >= 15 is 0 Å². The zero-order chi connectivity index (χ0) is 19.7. The van der Waals surface area contributed by atoms with Crippen LogP contribution in [0.1, 0.15) is 5.56 Å². The lowest BCUT2D eigenvalue weighted by molar-refractivity contribution is -0.400. The summed E-state index contributed by atoms with van der Waals surface area (Å²) in [6, 6.07) is 22.1. The van der Waals surface area contributed by atoms with Gasteiger partial charge in [0, 0.05) is 11.8 Å². The monoisotopic (exact) mass is 391 g/mol. The van der Waals surface area contributed by atoms with Gasteiger partial charge in [-0.25, -0.2) is 0 Å². The third-order valence-corrected chi connectivity index (χ3v) is 4.66. The van der Waals surface area contributed by atoms with E-state index < -0.39 is 10.2 Å². The molecule has 0 saturated carbocycles. The predicted octanol–water partition coefficient (Wildman–Crippen LogP) is 5.98. The number of hydrogen-bond acceptors (Lipinski definition) is 4. The van der Waals surface area contributed by atoms with E-state index in [1.54, 1.807) is 6.07 Å². The molecule has 0 unspecified atom stereocenters. The van der Waals surface area contributed by atoms with Crippen LogP contribution in [0.3, 0.4) is 0 Å². The van der Waals surface area contributed by atoms with Crippen LogP contribution in [0.5, 0.6) is 0 Å². The Morgan fingerprint density at radius 2 is 1.61 bits per heavy atom. The summed E-state index contributed by atoms with van der Waals surface area (Å²) in [4.78, 5) is 22.1. The molecule has 5 nitrogen and oxygen atoms in total. The average molecular weight is 392 g/mol. The highest BCUT2D eigenvalue weighted by molar-refractivity contribution is 6.63. The van der Waals surface area contributed by atoms with Crippen LogP contribution in [-0.4, -0.2) is 10.2 Å². The van der Waals surface area contributed by atoms with Crippen LogP contribution in [0.2, 0.25) is 0 Å². The number of halogens is 1. The van der Waals surface area contributed by atoms with Gasteiger partial charge in [-0.3, -0.25) is 14.9 Å². The first-order valence-corrected chi connectivity index (χ1v) is 8.95. The van der Waals surface area contributed by atoms with Gasteiger partial charge in [0.2, 0.25) is 5.24 Å². The van der Waals surface area contributed by atoms with Crippen molar-refractivity contribution in [2.45, 2.75) is 6.42 Å². The number of rotatable bonds is 5. The molecule has 0 amide bonds. The van der Waals surface area contributed by atoms with Crippen molar-refractivity contribution in [3.05, 3.63) is 88.5 Å². The van der Waals surface area contributed by atoms with Crippen molar-refractivity contribution >= 4 is 33.7 Å². The van der Waals surface area contributed by atoms with E-state index in [1.807, 2.05) is 66.7 Å². The van der Waals surface area contributed by atoms with Gasteiger partial charge in [-0.2, -0.15) is 0 Å². The molecule has 0 atom stereocenters. The molecule has 1 heterocycles. The summed E-state index contributed by atoms with van der Waals surface area (Å²) in [6.07, 6.45) is 0.174. The molecule has 0 aliphatic carbocycles. The standard InChI is InChI=1S/C22H14ClNO4/c23-20(25)12-14-6-8-15(9-7-14)17-10-11-19-18(13-17)21(22(28-19)24(26)27)16-4-2-1-3-5-16/h1-11,13H,12H2. The molecule has 0 N–H and O–H groups in total. The highest BCUT2D eigenvalue weighted by atomic mass is 35.5. The van der Waals surface area contributed by atoms with Crippen molar-refractivity contribution in [2.75, 3.05) is 0 Å².